The molecule has 1 fully saturated rings. The largest absolute Gasteiger partial charge is 0.483 e. The van der Waals surface area contributed by atoms with Crippen LogP contribution in [-0.2, 0) is 0 Å². The van der Waals surface area contributed by atoms with Gasteiger partial charge in [0.1, 0.15) is 5.82 Å². The molecule has 1 amide bonds. The van der Waals surface area contributed by atoms with Crippen molar-refractivity contribution in [3.8, 4) is 5.75 Å². The number of rotatable bonds is 5. The summed E-state index contributed by atoms with van der Waals surface area (Å²) in [5.74, 6) is -0.565. The molecule has 1 saturated carbocycles. The molecule has 7 nitrogen and oxygen atoms in total. The highest BCUT2D eigenvalue weighted by Crippen LogP contribution is 2.33. The summed E-state index contributed by atoms with van der Waals surface area (Å²) in [7, 11) is 0. The number of benzene rings is 1. The highest BCUT2D eigenvalue weighted by atomic mass is 19.1. The molecule has 0 spiro atoms. The summed E-state index contributed by atoms with van der Waals surface area (Å²) in [4.78, 5) is 20.8. The number of nitrogens with zero attached hydrogens (tertiary/aromatic N) is 1. The van der Waals surface area contributed by atoms with E-state index in [1.807, 2.05) is 0 Å². The lowest BCUT2D eigenvalue weighted by Gasteiger charge is -2.29. The van der Waals surface area contributed by atoms with Crippen molar-refractivity contribution in [2.24, 2.45) is 5.92 Å². The number of ether oxygens (including phenoxy) is 1. The van der Waals surface area contributed by atoms with Crippen molar-refractivity contribution in [1.82, 2.24) is 5.32 Å². The van der Waals surface area contributed by atoms with Crippen molar-refractivity contribution in [1.29, 1.82) is 0 Å². The summed E-state index contributed by atoms with van der Waals surface area (Å²) in [6.45, 7) is 0.320. The number of carboxylic acid groups (broad SMARTS) is 1. The van der Waals surface area contributed by atoms with Crippen molar-refractivity contribution >= 4 is 11.8 Å². The van der Waals surface area contributed by atoms with Gasteiger partial charge in [-0.3, -0.25) is 10.1 Å². The number of nitro benzene ring substituents is 1. The Morgan fingerprint density at radius 1 is 1.50 bits per heavy atom. The highest BCUT2D eigenvalue weighted by Gasteiger charge is 2.26. The van der Waals surface area contributed by atoms with Gasteiger partial charge in [0.2, 0.25) is 0 Å². The lowest BCUT2D eigenvalue weighted by atomic mass is 9.87. The van der Waals surface area contributed by atoms with Crippen molar-refractivity contribution < 1.29 is 24.0 Å². The fourth-order valence-corrected chi connectivity index (χ4v) is 2.68. The molecule has 2 unspecified atom stereocenters. The van der Waals surface area contributed by atoms with Crippen LogP contribution in [0.25, 0.3) is 0 Å². The predicted molar refractivity (Wildman–Crippen MR) is 75.5 cm³/mol. The molecule has 2 N–H and O–H groups in total. The standard InChI is InChI=1S/C14H17FN2O5/c15-10-4-5-12(17(20)21)13(7-10)22-11-3-1-2-9(6-11)8-16-14(18)19/h4-5,7,9,11,16H,1-3,6,8H2,(H,18,19). The quantitative estimate of drug-likeness (QED) is 0.643. The number of hydrogen-bond donors (Lipinski definition) is 2. The molecule has 2 rings (SSSR count). The second-order valence-corrected chi connectivity index (χ2v) is 5.33. The Balaban J connectivity index is 2.02. The SMILES string of the molecule is O=C(O)NCC1CCCC(Oc2cc(F)ccc2[N+](=O)[O-])C1. The Morgan fingerprint density at radius 2 is 2.27 bits per heavy atom. The lowest BCUT2D eigenvalue weighted by molar-refractivity contribution is -0.386. The Bertz CT molecular complexity index is 566. The van der Waals surface area contributed by atoms with E-state index in [2.05, 4.69) is 5.32 Å². The van der Waals surface area contributed by atoms with Crippen molar-refractivity contribution in [3.05, 3.63) is 34.1 Å². The van der Waals surface area contributed by atoms with Crippen molar-refractivity contribution in [3.63, 3.8) is 0 Å². The first-order chi connectivity index (χ1) is 10.5. The summed E-state index contributed by atoms with van der Waals surface area (Å²) in [6.07, 6.45) is 1.62. The van der Waals surface area contributed by atoms with Gasteiger partial charge in [0.05, 0.1) is 11.0 Å². The van der Waals surface area contributed by atoms with Crippen LogP contribution in [0.5, 0.6) is 5.75 Å². The number of amides is 1. The fraction of sp³-hybridized carbons (Fsp3) is 0.500. The minimum atomic E-state index is -1.08. The van der Waals surface area contributed by atoms with Gasteiger partial charge in [-0.2, -0.15) is 0 Å². The van der Waals surface area contributed by atoms with Gasteiger partial charge in [-0.15, -0.1) is 0 Å². The van der Waals surface area contributed by atoms with Gasteiger partial charge in [0.15, 0.2) is 5.75 Å². The van der Waals surface area contributed by atoms with Gasteiger partial charge < -0.3 is 15.2 Å². The van der Waals surface area contributed by atoms with E-state index in [0.717, 1.165) is 31.0 Å². The van der Waals surface area contributed by atoms with Gasteiger partial charge in [0.25, 0.3) is 0 Å². The maximum atomic E-state index is 13.3. The molecule has 0 radical (unpaired) electrons. The van der Waals surface area contributed by atoms with E-state index in [1.165, 1.54) is 0 Å². The van der Waals surface area contributed by atoms with E-state index in [0.29, 0.717) is 19.4 Å². The lowest BCUT2D eigenvalue weighted by Crippen LogP contribution is -2.34. The van der Waals surface area contributed by atoms with Crippen LogP contribution in [-0.4, -0.2) is 28.8 Å². The molecule has 1 aromatic rings. The first-order valence-corrected chi connectivity index (χ1v) is 7.03. The first-order valence-electron chi connectivity index (χ1n) is 7.03. The molecule has 2 atom stereocenters. The Labute approximate surface area is 126 Å². The van der Waals surface area contributed by atoms with E-state index in [9.17, 15) is 19.3 Å². The molecular weight excluding hydrogens is 295 g/mol. The number of halogens is 1. The average molecular weight is 312 g/mol. The molecule has 1 aliphatic rings. The Kier molecular flexibility index (Phi) is 5.13. The summed E-state index contributed by atoms with van der Waals surface area (Å²) in [5.41, 5.74) is -0.271. The predicted octanol–water partition coefficient (Wildman–Crippen LogP) is 2.94. The summed E-state index contributed by atoms with van der Waals surface area (Å²) < 4.78 is 18.9. The van der Waals surface area contributed by atoms with Gasteiger partial charge in [0, 0.05) is 18.7 Å². The van der Waals surface area contributed by atoms with Crippen LogP contribution >= 0.6 is 0 Å². The number of nitrogens with one attached hydrogen (secondary N) is 1. The van der Waals surface area contributed by atoms with Crippen LogP contribution in [0.3, 0.4) is 0 Å². The van der Waals surface area contributed by atoms with Gasteiger partial charge >= 0.3 is 11.8 Å². The maximum absolute atomic E-state index is 13.3. The number of hydrogen-bond acceptors (Lipinski definition) is 4. The average Bonchev–Trinajstić information content (AvgIpc) is 2.45. The summed E-state index contributed by atoms with van der Waals surface area (Å²) >= 11 is 0. The second-order valence-electron chi connectivity index (χ2n) is 5.33. The molecule has 1 aromatic carbocycles. The third kappa shape index (κ3) is 4.31. The minimum Gasteiger partial charge on any atom is -0.483 e. The Morgan fingerprint density at radius 3 is 2.95 bits per heavy atom. The van der Waals surface area contributed by atoms with Gasteiger partial charge in [-0.25, -0.2) is 9.18 Å². The first kappa shape index (κ1) is 16.0. The zero-order valence-electron chi connectivity index (χ0n) is 11.8. The molecule has 120 valence electrons. The molecule has 0 saturated heterocycles. The topological polar surface area (TPSA) is 102 Å². The zero-order chi connectivity index (χ0) is 16.1. The van der Waals surface area contributed by atoms with E-state index in [1.54, 1.807) is 0 Å². The molecule has 8 heteroatoms. The smallest absolute Gasteiger partial charge is 0.404 e. The van der Waals surface area contributed by atoms with Gasteiger partial charge in [-0.05, 0) is 37.7 Å². The van der Waals surface area contributed by atoms with E-state index in [4.69, 9.17) is 9.84 Å². The zero-order valence-corrected chi connectivity index (χ0v) is 11.8. The summed E-state index contributed by atoms with van der Waals surface area (Å²) in [5, 5.41) is 21.9. The molecule has 0 bridgehead atoms. The highest BCUT2D eigenvalue weighted by molar-refractivity contribution is 5.64. The monoisotopic (exact) mass is 312 g/mol. The normalized spacial score (nSPS) is 21.1. The molecular formula is C14H17FN2O5. The molecule has 1 aliphatic carbocycles. The van der Waals surface area contributed by atoms with Crippen LogP contribution in [0.4, 0.5) is 14.9 Å². The van der Waals surface area contributed by atoms with Crippen molar-refractivity contribution in [2.75, 3.05) is 6.54 Å². The van der Waals surface area contributed by atoms with E-state index >= 15 is 0 Å². The van der Waals surface area contributed by atoms with E-state index in [-0.39, 0.29) is 23.5 Å². The minimum absolute atomic E-state index is 0.0816. The second kappa shape index (κ2) is 7.06. The molecule has 0 aliphatic heterocycles. The van der Waals surface area contributed by atoms with Crippen LogP contribution < -0.4 is 10.1 Å². The van der Waals surface area contributed by atoms with Crippen LogP contribution in [0, 0.1) is 21.8 Å². The van der Waals surface area contributed by atoms with Crippen LogP contribution in [0.1, 0.15) is 25.7 Å². The molecule has 22 heavy (non-hydrogen) atoms. The maximum Gasteiger partial charge on any atom is 0.404 e. The van der Waals surface area contributed by atoms with E-state index < -0.39 is 16.8 Å². The molecule has 0 aromatic heterocycles. The number of nitro groups is 1. The Hall–Kier alpha value is -2.38. The molecule has 0 heterocycles. The van der Waals surface area contributed by atoms with Crippen LogP contribution in [0.2, 0.25) is 0 Å². The summed E-state index contributed by atoms with van der Waals surface area (Å²) in [6, 6.07) is 3.11. The fourth-order valence-electron chi connectivity index (χ4n) is 2.68. The van der Waals surface area contributed by atoms with Crippen molar-refractivity contribution in [2.45, 2.75) is 31.8 Å². The third-order valence-electron chi connectivity index (χ3n) is 3.69. The van der Waals surface area contributed by atoms with Crippen LogP contribution in [0.15, 0.2) is 18.2 Å². The van der Waals surface area contributed by atoms with Gasteiger partial charge in [-0.1, -0.05) is 0 Å². The third-order valence-corrected chi connectivity index (χ3v) is 3.69. The number of carbonyl (C=O) groups is 1.